The van der Waals surface area contributed by atoms with E-state index in [1.165, 1.54) is 11.1 Å². The van der Waals surface area contributed by atoms with Gasteiger partial charge in [0.05, 0.1) is 22.3 Å². The predicted molar refractivity (Wildman–Crippen MR) is 127 cm³/mol. The number of phenols is 1. The summed E-state index contributed by atoms with van der Waals surface area (Å²) in [4.78, 5) is 0. The molecule has 0 aromatic heterocycles. The highest BCUT2D eigenvalue weighted by Crippen LogP contribution is 2.44. The monoisotopic (exact) mass is 414 g/mol. The zero-order valence-corrected chi connectivity index (χ0v) is 21.1. The lowest BCUT2D eigenvalue weighted by Crippen LogP contribution is -2.39. The lowest BCUT2D eigenvalue weighted by Gasteiger charge is -2.32. The van der Waals surface area contributed by atoms with Gasteiger partial charge in [-0.15, -0.1) is 0 Å². The predicted octanol–water partition coefficient (Wildman–Crippen LogP) is 6.22. The molecule has 0 heterocycles. The number of hydrogen-bond donors (Lipinski definition) is 1. The van der Waals surface area contributed by atoms with Crippen LogP contribution in [0.25, 0.3) is 11.1 Å². The van der Waals surface area contributed by atoms with Gasteiger partial charge in [0.2, 0.25) is 0 Å². The van der Waals surface area contributed by atoms with E-state index in [9.17, 15) is 5.11 Å². The maximum absolute atomic E-state index is 11.1. The third-order valence-corrected chi connectivity index (χ3v) is 7.38. The van der Waals surface area contributed by atoms with Gasteiger partial charge in [-0.25, -0.2) is 0 Å². The minimum absolute atomic E-state index is 0.00939. The molecule has 0 amide bonds. The van der Waals surface area contributed by atoms with Crippen molar-refractivity contribution in [2.24, 2.45) is 0 Å². The summed E-state index contributed by atoms with van der Waals surface area (Å²) in [5.41, 5.74) is 4.51. The van der Waals surface area contributed by atoms with Crippen LogP contribution < -0.4 is 14.7 Å². The zero-order valence-electron chi connectivity index (χ0n) is 20.1. The fourth-order valence-corrected chi connectivity index (χ4v) is 5.63. The summed E-state index contributed by atoms with van der Waals surface area (Å²) in [5.74, 6) is 1.63. The summed E-state index contributed by atoms with van der Waals surface area (Å²) in [6.07, 6.45) is 0. The Morgan fingerprint density at radius 3 is 1.76 bits per heavy atom. The lowest BCUT2D eigenvalue weighted by molar-refractivity contribution is 0.375. The van der Waals surface area contributed by atoms with Gasteiger partial charge in [-0.1, -0.05) is 73.3 Å². The summed E-state index contributed by atoms with van der Waals surface area (Å²) in [5, 5.41) is 12.1. The molecule has 29 heavy (non-hydrogen) atoms. The second-order valence-corrected chi connectivity index (χ2v) is 15.9. The Morgan fingerprint density at radius 1 is 0.793 bits per heavy atom. The van der Waals surface area contributed by atoms with E-state index in [4.69, 9.17) is 9.47 Å². The summed E-state index contributed by atoms with van der Waals surface area (Å²) in [6, 6.07) is 8.40. The SMILES string of the molecule is COc1ccc(-c2c(OC)cc(C(C)(C)C)cc2C(C)(C)C)c([Si](C)(C)C)c1O. The van der Waals surface area contributed by atoms with Crippen molar-refractivity contribution in [3.63, 3.8) is 0 Å². The van der Waals surface area contributed by atoms with Crippen LogP contribution in [0.5, 0.6) is 17.2 Å². The van der Waals surface area contributed by atoms with Crippen LogP contribution in [-0.4, -0.2) is 27.4 Å². The fourth-order valence-electron chi connectivity index (χ4n) is 3.78. The Bertz CT molecular complexity index is 894. The molecule has 0 spiro atoms. The third kappa shape index (κ3) is 4.63. The first kappa shape index (κ1) is 23.3. The largest absolute Gasteiger partial charge is 0.504 e. The lowest BCUT2D eigenvalue weighted by atomic mass is 9.76. The Hall–Kier alpha value is -1.94. The molecule has 1 N–H and O–H groups in total. The van der Waals surface area contributed by atoms with Crippen LogP contribution in [0, 0.1) is 0 Å². The average molecular weight is 415 g/mol. The van der Waals surface area contributed by atoms with Crippen LogP contribution in [0.3, 0.4) is 0 Å². The zero-order chi connectivity index (χ0) is 22.4. The second-order valence-electron chi connectivity index (χ2n) is 10.9. The number of aromatic hydroxyl groups is 1. The summed E-state index contributed by atoms with van der Waals surface area (Å²) in [6.45, 7) is 20.1. The molecule has 0 saturated carbocycles. The smallest absolute Gasteiger partial charge is 0.160 e. The molecule has 0 bridgehead atoms. The van der Waals surface area contributed by atoms with Crippen molar-refractivity contribution in [3.8, 4) is 28.4 Å². The molecule has 0 unspecified atom stereocenters. The summed E-state index contributed by atoms with van der Waals surface area (Å²) in [7, 11) is 1.42. The maximum atomic E-state index is 11.1. The van der Waals surface area contributed by atoms with Crippen molar-refractivity contribution in [3.05, 3.63) is 35.4 Å². The third-order valence-electron chi connectivity index (χ3n) is 5.38. The number of hydrogen-bond acceptors (Lipinski definition) is 3. The van der Waals surface area contributed by atoms with Crippen LogP contribution in [0.4, 0.5) is 0 Å². The Balaban J connectivity index is 3.04. The van der Waals surface area contributed by atoms with Gasteiger partial charge >= 0.3 is 0 Å². The van der Waals surface area contributed by atoms with Crippen LogP contribution in [0.1, 0.15) is 52.7 Å². The first-order chi connectivity index (χ1) is 13.1. The number of ether oxygens (including phenoxy) is 2. The molecule has 2 rings (SSSR count). The van der Waals surface area contributed by atoms with E-state index in [-0.39, 0.29) is 16.6 Å². The molecule has 0 fully saturated rings. The Morgan fingerprint density at radius 2 is 1.34 bits per heavy atom. The highest BCUT2D eigenvalue weighted by Gasteiger charge is 2.32. The van der Waals surface area contributed by atoms with E-state index in [1.54, 1.807) is 14.2 Å². The van der Waals surface area contributed by atoms with Crippen LogP contribution in [0.15, 0.2) is 24.3 Å². The maximum Gasteiger partial charge on any atom is 0.160 e. The van der Waals surface area contributed by atoms with Gasteiger partial charge < -0.3 is 14.6 Å². The summed E-state index contributed by atoms with van der Waals surface area (Å²) >= 11 is 0. The average Bonchev–Trinajstić information content (AvgIpc) is 2.57. The van der Waals surface area contributed by atoms with Crippen molar-refractivity contribution < 1.29 is 14.6 Å². The molecule has 2 aromatic rings. The molecular weight excluding hydrogens is 376 g/mol. The van der Waals surface area contributed by atoms with Gasteiger partial charge in [0, 0.05) is 5.56 Å². The normalized spacial score (nSPS) is 12.8. The highest BCUT2D eigenvalue weighted by atomic mass is 28.3. The van der Waals surface area contributed by atoms with Gasteiger partial charge in [0.25, 0.3) is 0 Å². The molecule has 0 saturated heterocycles. The molecule has 0 radical (unpaired) electrons. The molecule has 2 aromatic carbocycles. The van der Waals surface area contributed by atoms with Crippen molar-refractivity contribution in [1.29, 1.82) is 0 Å². The Kier molecular flexibility index (Phi) is 6.21. The van der Waals surface area contributed by atoms with E-state index in [0.717, 1.165) is 22.1 Å². The second kappa shape index (κ2) is 7.71. The standard InChI is InChI=1S/C25H38O3Si/c1-24(2,3)16-14-18(25(4,5)6)21(20(15-16)28-8)17-12-13-19(27-7)22(26)23(17)29(9,10)11/h12-15,26H,1-11H3. The van der Waals surface area contributed by atoms with E-state index in [2.05, 4.69) is 79.4 Å². The van der Waals surface area contributed by atoms with Gasteiger partial charge in [0.1, 0.15) is 5.75 Å². The molecule has 0 aliphatic carbocycles. The quantitative estimate of drug-likeness (QED) is 0.604. The van der Waals surface area contributed by atoms with E-state index < -0.39 is 8.07 Å². The minimum Gasteiger partial charge on any atom is -0.504 e. The van der Waals surface area contributed by atoms with Crippen LogP contribution in [0.2, 0.25) is 19.6 Å². The Labute approximate surface area is 178 Å². The topological polar surface area (TPSA) is 38.7 Å². The molecule has 0 aliphatic heterocycles. The molecule has 3 nitrogen and oxygen atoms in total. The molecule has 4 heteroatoms. The number of rotatable bonds is 4. The molecular formula is C25H38O3Si. The number of benzene rings is 2. The number of methoxy groups -OCH3 is 2. The van der Waals surface area contributed by atoms with Gasteiger partial charge in [-0.2, -0.15) is 0 Å². The van der Waals surface area contributed by atoms with Gasteiger partial charge in [0.15, 0.2) is 11.5 Å². The number of phenolic OH excluding ortho intramolecular Hbond substituents is 1. The van der Waals surface area contributed by atoms with Crippen molar-refractivity contribution in [2.45, 2.75) is 72.0 Å². The van der Waals surface area contributed by atoms with E-state index in [1.807, 2.05) is 6.07 Å². The molecule has 0 aliphatic rings. The van der Waals surface area contributed by atoms with Gasteiger partial charge in [-0.05, 0) is 44.8 Å². The van der Waals surface area contributed by atoms with Crippen LogP contribution in [-0.2, 0) is 10.8 Å². The molecule has 0 atom stereocenters. The minimum atomic E-state index is -1.91. The van der Waals surface area contributed by atoms with Crippen LogP contribution >= 0.6 is 0 Å². The fraction of sp³-hybridized carbons (Fsp3) is 0.520. The van der Waals surface area contributed by atoms with Crippen molar-refractivity contribution in [1.82, 2.24) is 0 Å². The highest BCUT2D eigenvalue weighted by molar-refractivity contribution is 6.90. The first-order valence-corrected chi connectivity index (χ1v) is 13.8. The van der Waals surface area contributed by atoms with Gasteiger partial charge in [-0.3, -0.25) is 0 Å². The van der Waals surface area contributed by atoms with Crippen molar-refractivity contribution in [2.75, 3.05) is 14.2 Å². The van der Waals surface area contributed by atoms with E-state index >= 15 is 0 Å². The first-order valence-electron chi connectivity index (χ1n) is 10.3. The van der Waals surface area contributed by atoms with E-state index in [0.29, 0.717) is 5.75 Å². The van der Waals surface area contributed by atoms with Crippen molar-refractivity contribution >= 4 is 13.3 Å². The summed E-state index contributed by atoms with van der Waals surface area (Å²) < 4.78 is 11.4. The molecule has 160 valence electrons.